The quantitative estimate of drug-likeness (QED) is 0.159. The standard InChI is InChI=1S/C60H39N3/c1-4-22-49(23-5-1)61-55(46-31-28-40-16-10-13-19-43(40)34-46)37-52-58(61)53-38-56(47-32-29-41-17-11-14-20-44(41)35-47)62(50-24-6-2-7-25-50)60(53)54-39-57(63(59(52)54)51-26-8-3-9-27-51)48-33-30-42-18-12-15-21-45(42)36-48/h1-39H. The van der Waals surface area contributed by atoms with Gasteiger partial charge in [0.05, 0.1) is 33.6 Å². The van der Waals surface area contributed by atoms with Gasteiger partial charge in [-0.05, 0) is 122 Å². The van der Waals surface area contributed by atoms with Crippen molar-refractivity contribution in [2.45, 2.75) is 0 Å². The number of nitrogens with zero attached hydrogens (tertiary/aromatic N) is 3. The summed E-state index contributed by atoms with van der Waals surface area (Å²) in [5.74, 6) is 0. The topological polar surface area (TPSA) is 14.8 Å². The Balaban J connectivity index is 1.27. The maximum Gasteiger partial charge on any atom is 0.0650 e. The van der Waals surface area contributed by atoms with Crippen LogP contribution >= 0.6 is 0 Å². The molecule has 0 fully saturated rings. The summed E-state index contributed by atoms with van der Waals surface area (Å²) in [6, 6.07) is 86.8. The van der Waals surface area contributed by atoms with E-state index < -0.39 is 0 Å². The van der Waals surface area contributed by atoms with Crippen LogP contribution in [0, 0.1) is 0 Å². The highest BCUT2D eigenvalue weighted by atomic mass is 15.1. The molecule has 0 atom stereocenters. The van der Waals surface area contributed by atoms with E-state index in [4.69, 9.17) is 0 Å². The fourth-order valence-electron chi connectivity index (χ4n) is 10.1. The van der Waals surface area contributed by atoms with Gasteiger partial charge in [-0.2, -0.15) is 0 Å². The number of benzene rings is 10. The van der Waals surface area contributed by atoms with E-state index >= 15 is 0 Å². The number of rotatable bonds is 6. The zero-order valence-corrected chi connectivity index (χ0v) is 34.4. The molecule has 3 aromatic heterocycles. The van der Waals surface area contributed by atoms with Crippen LogP contribution in [0.3, 0.4) is 0 Å². The van der Waals surface area contributed by atoms with Gasteiger partial charge < -0.3 is 13.7 Å². The third kappa shape index (κ3) is 5.60. The minimum Gasteiger partial charge on any atom is -0.309 e. The molecule has 0 saturated heterocycles. The highest BCUT2D eigenvalue weighted by Gasteiger charge is 2.27. The van der Waals surface area contributed by atoms with E-state index in [1.807, 2.05) is 0 Å². The molecule has 0 bridgehead atoms. The van der Waals surface area contributed by atoms with Gasteiger partial charge in [0.15, 0.2) is 0 Å². The first-order valence-corrected chi connectivity index (χ1v) is 21.7. The van der Waals surface area contributed by atoms with E-state index in [2.05, 4.69) is 250 Å². The lowest BCUT2D eigenvalue weighted by Gasteiger charge is -2.16. The summed E-state index contributed by atoms with van der Waals surface area (Å²) >= 11 is 0. The van der Waals surface area contributed by atoms with Crippen LogP contribution in [0.25, 0.3) is 116 Å². The Morgan fingerprint density at radius 3 is 0.746 bits per heavy atom. The number of fused-ring (bicyclic) bond motifs is 9. The van der Waals surface area contributed by atoms with Crippen molar-refractivity contribution in [3.8, 4) is 50.8 Å². The third-order valence-corrected chi connectivity index (χ3v) is 12.9. The van der Waals surface area contributed by atoms with Crippen molar-refractivity contribution in [2.24, 2.45) is 0 Å². The smallest absolute Gasteiger partial charge is 0.0650 e. The largest absolute Gasteiger partial charge is 0.309 e. The van der Waals surface area contributed by atoms with Crippen LogP contribution in [0.4, 0.5) is 0 Å². The molecule has 0 amide bonds. The van der Waals surface area contributed by atoms with Crippen LogP contribution in [0.15, 0.2) is 237 Å². The lowest BCUT2D eigenvalue weighted by atomic mass is 10.0. The predicted octanol–water partition coefficient (Wildman–Crippen LogP) is 16.0. The molecule has 13 rings (SSSR count). The molecule has 10 aromatic carbocycles. The lowest BCUT2D eigenvalue weighted by Crippen LogP contribution is -2.00. The molecule has 3 heterocycles. The van der Waals surface area contributed by atoms with Crippen molar-refractivity contribution in [1.82, 2.24) is 13.7 Å². The monoisotopic (exact) mass is 801 g/mol. The van der Waals surface area contributed by atoms with E-state index in [1.165, 1.54) is 81.7 Å². The highest BCUT2D eigenvalue weighted by Crippen LogP contribution is 2.48. The number of hydrogen-bond acceptors (Lipinski definition) is 0. The summed E-state index contributed by atoms with van der Waals surface area (Å²) < 4.78 is 7.54. The van der Waals surface area contributed by atoms with Crippen molar-refractivity contribution in [2.75, 3.05) is 0 Å². The number of aromatic nitrogens is 3. The second-order valence-electron chi connectivity index (χ2n) is 16.6. The summed E-state index contributed by atoms with van der Waals surface area (Å²) in [6.45, 7) is 0. The fourth-order valence-corrected chi connectivity index (χ4v) is 10.1. The van der Waals surface area contributed by atoms with Crippen LogP contribution in [0.2, 0.25) is 0 Å². The Hall–Kier alpha value is -8.40. The van der Waals surface area contributed by atoms with Gasteiger partial charge in [0, 0.05) is 33.2 Å². The van der Waals surface area contributed by atoms with E-state index in [-0.39, 0.29) is 0 Å². The summed E-state index contributed by atoms with van der Waals surface area (Å²) in [4.78, 5) is 0. The molecule has 0 spiro atoms. The van der Waals surface area contributed by atoms with Crippen LogP contribution in [0.5, 0.6) is 0 Å². The molecule has 0 aliphatic carbocycles. The molecule has 0 radical (unpaired) electrons. The van der Waals surface area contributed by atoms with Gasteiger partial charge in [-0.25, -0.2) is 0 Å². The normalized spacial score (nSPS) is 11.8. The predicted molar refractivity (Wildman–Crippen MR) is 266 cm³/mol. The summed E-state index contributed by atoms with van der Waals surface area (Å²) in [6.07, 6.45) is 0. The zero-order valence-electron chi connectivity index (χ0n) is 34.4. The van der Waals surface area contributed by atoms with E-state index in [0.29, 0.717) is 0 Å². The zero-order chi connectivity index (χ0) is 41.4. The molecule has 294 valence electrons. The minimum absolute atomic E-state index is 1.11. The first-order valence-electron chi connectivity index (χ1n) is 21.7. The molecule has 3 heteroatoms. The Morgan fingerprint density at radius 1 is 0.206 bits per heavy atom. The van der Waals surface area contributed by atoms with Gasteiger partial charge in [0.2, 0.25) is 0 Å². The molecular weight excluding hydrogens is 763 g/mol. The first kappa shape index (κ1) is 35.4. The second kappa shape index (κ2) is 14.1. The molecule has 0 unspecified atom stereocenters. The number of para-hydroxylation sites is 3. The van der Waals surface area contributed by atoms with E-state index in [9.17, 15) is 0 Å². The average molecular weight is 802 g/mol. The van der Waals surface area contributed by atoms with Crippen LogP contribution < -0.4 is 0 Å². The van der Waals surface area contributed by atoms with Gasteiger partial charge >= 0.3 is 0 Å². The van der Waals surface area contributed by atoms with Crippen LogP contribution in [-0.4, -0.2) is 13.7 Å². The van der Waals surface area contributed by atoms with Crippen LogP contribution in [0.1, 0.15) is 0 Å². The molecule has 3 nitrogen and oxygen atoms in total. The SMILES string of the molecule is c1ccc(-n2c(-c3ccc4ccccc4c3)cc3c2c2cc(-c4ccc5ccccc5c4)n(-c4ccccc4)c2c2cc(-c4ccc5ccccc5c4)n(-c4ccccc4)c32)cc1. The van der Waals surface area contributed by atoms with Crippen molar-refractivity contribution in [3.05, 3.63) is 237 Å². The Bertz CT molecular complexity index is 3450. The fraction of sp³-hybridized carbons (Fsp3) is 0. The second-order valence-corrected chi connectivity index (χ2v) is 16.6. The summed E-state index contributed by atoms with van der Waals surface area (Å²) in [7, 11) is 0. The highest BCUT2D eigenvalue weighted by molar-refractivity contribution is 6.27. The maximum absolute atomic E-state index is 2.51. The number of hydrogen-bond donors (Lipinski definition) is 0. The van der Waals surface area contributed by atoms with Crippen molar-refractivity contribution in [1.29, 1.82) is 0 Å². The van der Waals surface area contributed by atoms with Crippen LogP contribution in [-0.2, 0) is 0 Å². The van der Waals surface area contributed by atoms with Gasteiger partial charge in [-0.1, -0.05) is 164 Å². The van der Waals surface area contributed by atoms with E-state index in [0.717, 1.165) is 34.1 Å². The van der Waals surface area contributed by atoms with Gasteiger partial charge in [-0.15, -0.1) is 0 Å². The van der Waals surface area contributed by atoms with E-state index in [1.54, 1.807) is 0 Å². The van der Waals surface area contributed by atoms with Crippen molar-refractivity contribution >= 4 is 65.0 Å². The molecule has 0 aliphatic rings. The first-order chi connectivity index (χ1) is 31.2. The van der Waals surface area contributed by atoms with Crippen molar-refractivity contribution in [3.63, 3.8) is 0 Å². The minimum atomic E-state index is 1.11. The molecular formula is C60H39N3. The molecule has 0 N–H and O–H groups in total. The molecule has 13 aromatic rings. The van der Waals surface area contributed by atoms with Crippen molar-refractivity contribution < 1.29 is 0 Å². The average Bonchev–Trinajstić information content (AvgIpc) is 4.07. The Kier molecular flexibility index (Phi) is 7.91. The maximum atomic E-state index is 2.51. The third-order valence-electron chi connectivity index (χ3n) is 12.9. The van der Waals surface area contributed by atoms with Gasteiger partial charge in [0.1, 0.15) is 0 Å². The Labute approximate surface area is 364 Å². The molecule has 63 heavy (non-hydrogen) atoms. The Morgan fingerprint density at radius 2 is 0.460 bits per heavy atom. The summed E-state index contributed by atoms with van der Waals surface area (Å²) in [5, 5.41) is 10.9. The lowest BCUT2D eigenvalue weighted by molar-refractivity contribution is 1.13. The van der Waals surface area contributed by atoms with Gasteiger partial charge in [0.25, 0.3) is 0 Å². The molecule has 0 aliphatic heterocycles. The molecule has 0 saturated carbocycles. The summed E-state index contributed by atoms with van der Waals surface area (Å²) in [5.41, 5.74) is 13.8. The van der Waals surface area contributed by atoms with Gasteiger partial charge in [-0.3, -0.25) is 0 Å².